The first-order valence-corrected chi connectivity index (χ1v) is 4.85. The lowest BCUT2D eigenvalue weighted by Gasteiger charge is -2.00. The summed E-state index contributed by atoms with van der Waals surface area (Å²) in [6.45, 7) is 2.53. The molecule has 0 fully saturated rings. The van der Waals surface area contributed by atoms with E-state index in [2.05, 4.69) is 32.2 Å². The highest BCUT2D eigenvalue weighted by atomic mass is 79.9. The monoisotopic (exact) mass is 239 g/mol. The second-order valence-electron chi connectivity index (χ2n) is 3.01. The lowest BCUT2D eigenvalue weighted by Crippen LogP contribution is -1.96. The number of aryl methyl sites for hydroxylation is 1. The van der Waals surface area contributed by atoms with Crippen LogP contribution in [0.2, 0.25) is 0 Å². The molecule has 2 rings (SSSR count). The van der Waals surface area contributed by atoms with Crippen molar-refractivity contribution < 1.29 is 0 Å². The quantitative estimate of drug-likeness (QED) is 0.801. The minimum atomic E-state index is 0.530. The summed E-state index contributed by atoms with van der Waals surface area (Å²) in [7, 11) is 0. The van der Waals surface area contributed by atoms with Gasteiger partial charge in [-0.1, -0.05) is 15.9 Å². The van der Waals surface area contributed by atoms with Crippen molar-refractivity contribution in [3.05, 3.63) is 27.9 Å². The third kappa shape index (κ3) is 1.36. The first kappa shape index (κ1) is 8.72. The van der Waals surface area contributed by atoms with E-state index in [0.29, 0.717) is 6.54 Å². The maximum Gasteiger partial charge on any atom is 0.0927 e. The van der Waals surface area contributed by atoms with E-state index in [9.17, 15) is 0 Å². The van der Waals surface area contributed by atoms with Crippen molar-refractivity contribution in [1.82, 2.24) is 10.2 Å². The molecule has 0 aliphatic rings. The molecule has 1 aromatic carbocycles. The van der Waals surface area contributed by atoms with Gasteiger partial charge in [-0.2, -0.15) is 5.10 Å². The molecule has 0 radical (unpaired) electrons. The molecule has 0 atom stereocenters. The number of aromatic amines is 1. The van der Waals surface area contributed by atoms with Gasteiger partial charge in [0.2, 0.25) is 0 Å². The van der Waals surface area contributed by atoms with Crippen molar-refractivity contribution in [1.29, 1.82) is 0 Å². The molecule has 0 spiro atoms. The van der Waals surface area contributed by atoms with E-state index in [4.69, 9.17) is 5.73 Å². The zero-order valence-electron chi connectivity index (χ0n) is 7.26. The first-order chi connectivity index (χ1) is 6.22. The fourth-order valence-corrected chi connectivity index (χ4v) is 1.86. The Kier molecular flexibility index (Phi) is 2.09. The van der Waals surface area contributed by atoms with Gasteiger partial charge in [-0.3, -0.25) is 5.10 Å². The van der Waals surface area contributed by atoms with E-state index >= 15 is 0 Å². The Hall–Kier alpha value is -0.870. The van der Waals surface area contributed by atoms with Crippen molar-refractivity contribution in [2.24, 2.45) is 5.73 Å². The number of hydrogen-bond donors (Lipinski definition) is 2. The molecule has 0 saturated carbocycles. The van der Waals surface area contributed by atoms with E-state index < -0.39 is 0 Å². The number of nitrogens with two attached hydrogens (primary N) is 1. The molecule has 0 unspecified atom stereocenters. The fraction of sp³-hybridized carbons (Fsp3) is 0.222. The van der Waals surface area contributed by atoms with Gasteiger partial charge in [0.05, 0.1) is 5.52 Å². The van der Waals surface area contributed by atoms with Crippen LogP contribution in [0.15, 0.2) is 16.6 Å². The standard InChI is InChI=1S/C9H10BrN3/c1-5-7-3-8(10)6(4-11)2-9(7)13-12-5/h2-3H,4,11H2,1H3,(H,12,13). The number of nitrogens with one attached hydrogen (secondary N) is 1. The lowest BCUT2D eigenvalue weighted by atomic mass is 10.1. The SMILES string of the molecule is Cc1[nH]nc2cc(CN)c(Br)cc12. The molecule has 4 heteroatoms. The minimum Gasteiger partial charge on any atom is -0.326 e. The Labute approximate surface area is 84.4 Å². The van der Waals surface area contributed by atoms with Gasteiger partial charge in [-0.15, -0.1) is 0 Å². The Bertz CT molecular complexity index is 447. The summed E-state index contributed by atoms with van der Waals surface area (Å²) >= 11 is 3.47. The van der Waals surface area contributed by atoms with Crippen molar-refractivity contribution in [2.75, 3.05) is 0 Å². The number of benzene rings is 1. The highest BCUT2D eigenvalue weighted by Crippen LogP contribution is 2.24. The van der Waals surface area contributed by atoms with Crippen LogP contribution in [0, 0.1) is 6.92 Å². The van der Waals surface area contributed by atoms with Crippen LogP contribution in [0.3, 0.4) is 0 Å². The number of rotatable bonds is 1. The van der Waals surface area contributed by atoms with Crippen LogP contribution in [-0.4, -0.2) is 10.2 Å². The van der Waals surface area contributed by atoms with Crippen LogP contribution in [0.4, 0.5) is 0 Å². The third-order valence-corrected chi connectivity index (χ3v) is 2.87. The molecule has 0 saturated heterocycles. The molecule has 3 N–H and O–H groups in total. The normalized spacial score (nSPS) is 11.0. The first-order valence-electron chi connectivity index (χ1n) is 4.05. The molecule has 68 valence electrons. The van der Waals surface area contributed by atoms with Gasteiger partial charge >= 0.3 is 0 Å². The Balaban J connectivity index is 2.76. The lowest BCUT2D eigenvalue weighted by molar-refractivity contribution is 1.05. The number of H-pyrrole nitrogens is 1. The van der Waals surface area contributed by atoms with E-state index in [1.165, 1.54) is 0 Å². The molecule has 1 aromatic heterocycles. The van der Waals surface area contributed by atoms with Gasteiger partial charge in [0.15, 0.2) is 0 Å². The van der Waals surface area contributed by atoms with Crippen molar-refractivity contribution in [2.45, 2.75) is 13.5 Å². The van der Waals surface area contributed by atoms with E-state index in [0.717, 1.165) is 26.6 Å². The van der Waals surface area contributed by atoms with Gasteiger partial charge in [0.1, 0.15) is 0 Å². The summed E-state index contributed by atoms with van der Waals surface area (Å²) < 4.78 is 1.05. The number of halogens is 1. The topological polar surface area (TPSA) is 54.7 Å². The Morgan fingerprint density at radius 3 is 3.00 bits per heavy atom. The zero-order chi connectivity index (χ0) is 9.42. The number of hydrogen-bond acceptors (Lipinski definition) is 2. The highest BCUT2D eigenvalue weighted by Gasteiger charge is 2.05. The summed E-state index contributed by atoms with van der Waals surface area (Å²) in [6, 6.07) is 4.05. The molecule has 0 amide bonds. The smallest absolute Gasteiger partial charge is 0.0927 e. The van der Waals surface area contributed by atoms with Crippen molar-refractivity contribution >= 4 is 26.8 Å². The van der Waals surface area contributed by atoms with Crippen molar-refractivity contribution in [3.63, 3.8) is 0 Å². The summed E-state index contributed by atoms with van der Waals surface area (Å²) in [6.07, 6.45) is 0. The van der Waals surface area contributed by atoms with Gasteiger partial charge in [0.25, 0.3) is 0 Å². The fourth-order valence-electron chi connectivity index (χ4n) is 1.36. The molecule has 3 nitrogen and oxygen atoms in total. The maximum absolute atomic E-state index is 5.58. The summed E-state index contributed by atoms with van der Waals surface area (Å²) in [4.78, 5) is 0. The number of nitrogens with zero attached hydrogens (tertiary/aromatic N) is 1. The van der Waals surface area contributed by atoms with Gasteiger partial charge in [0, 0.05) is 22.1 Å². The summed E-state index contributed by atoms with van der Waals surface area (Å²) in [5, 5.41) is 8.25. The van der Waals surface area contributed by atoms with Gasteiger partial charge < -0.3 is 5.73 Å². The summed E-state index contributed by atoms with van der Waals surface area (Å²) in [5.41, 5.74) is 8.72. The molecular weight excluding hydrogens is 230 g/mol. The molecule has 2 aromatic rings. The molecule has 0 bridgehead atoms. The minimum absolute atomic E-state index is 0.530. The number of aromatic nitrogens is 2. The van der Waals surface area contributed by atoms with E-state index in [1.54, 1.807) is 0 Å². The molecule has 1 heterocycles. The van der Waals surface area contributed by atoms with Crippen LogP contribution in [0.25, 0.3) is 10.9 Å². The average molecular weight is 240 g/mol. The zero-order valence-corrected chi connectivity index (χ0v) is 8.85. The average Bonchev–Trinajstić information content (AvgIpc) is 2.47. The second kappa shape index (κ2) is 3.12. The van der Waals surface area contributed by atoms with Crippen LogP contribution < -0.4 is 5.73 Å². The maximum atomic E-state index is 5.58. The van der Waals surface area contributed by atoms with E-state index in [-0.39, 0.29) is 0 Å². The second-order valence-corrected chi connectivity index (χ2v) is 3.87. The van der Waals surface area contributed by atoms with Crippen LogP contribution in [0.1, 0.15) is 11.3 Å². The molecule has 13 heavy (non-hydrogen) atoms. The third-order valence-electron chi connectivity index (χ3n) is 2.13. The van der Waals surface area contributed by atoms with Crippen LogP contribution in [-0.2, 0) is 6.54 Å². The molecule has 0 aliphatic carbocycles. The Morgan fingerprint density at radius 1 is 1.54 bits per heavy atom. The van der Waals surface area contributed by atoms with Crippen molar-refractivity contribution in [3.8, 4) is 0 Å². The Morgan fingerprint density at radius 2 is 2.31 bits per heavy atom. The number of fused-ring (bicyclic) bond motifs is 1. The van der Waals surface area contributed by atoms with E-state index in [1.807, 2.05) is 13.0 Å². The van der Waals surface area contributed by atoms with Crippen LogP contribution >= 0.6 is 15.9 Å². The molecular formula is C9H10BrN3. The predicted octanol–water partition coefficient (Wildman–Crippen LogP) is 2.09. The van der Waals surface area contributed by atoms with Gasteiger partial charge in [-0.25, -0.2) is 0 Å². The summed E-state index contributed by atoms with van der Waals surface area (Å²) in [5.74, 6) is 0. The highest BCUT2D eigenvalue weighted by molar-refractivity contribution is 9.10. The largest absolute Gasteiger partial charge is 0.326 e. The molecule has 0 aliphatic heterocycles. The van der Waals surface area contributed by atoms with Crippen LogP contribution in [0.5, 0.6) is 0 Å². The predicted molar refractivity (Wildman–Crippen MR) is 56.4 cm³/mol. The van der Waals surface area contributed by atoms with Gasteiger partial charge in [-0.05, 0) is 24.6 Å².